The number of hydrogen-bond donors (Lipinski definition) is 3. The van der Waals surface area contributed by atoms with Crippen molar-refractivity contribution in [2.45, 2.75) is 18.6 Å². The molecule has 3 N–H and O–H groups in total. The third-order valence-electron chi connectivity index (χ3n) is 2.15. The minimum absolute atomic E-state index is 0. The van der Waals surface area contributed by atoms with Crippen molar-refractivity contribution in [3.05, 3.63) is 12.3 Å². The van der Waals surface area contributed by atoms with Gasteiger partial charge in [-0.25, -0.2) is 4.39 Å². The largest absolute Gasteiger partial charge is 0.310 e. The van der Waals surface area contributed by atoms with E-state index in [4.69, 9.17) is 0 Å². The van der Waals surface area contributed by atoms with Gasteiger partial charge in [-0.3, -0.25) is 9.89 Å². The van der Waals surface area contributed by atoms with E-state index < -0.39 is 12.2 Å². The van der Waals surface area contributed by atoms with Crippen molar-refractivity contribution in [3.63, 3.8) is 0 Å². The van der Waals surface area contributed by atoms with Gasteiger partial charge >= 0.3 is 0 Å². The quantitative estimate of drug-likeness (QED) is 0.697. The Bertz CT molecular complexity index is 318. The van der Waals surface area contributed by atoms with Crippen LogP contribution in [0.2, 0.25) is 0 Å². The van der Waals surface area contributed by atoms with E-state index in [0.29, 0.717) is 5.82 Å². The zero-order valence-electron chi connectivity index (χ0n) is 7.87. The van der Waals surface area contributed by atoms with Crippen LogP contribution < -0.4 is 10.6 Å². The number of alkyl halides is 1. The normalized spacial score (nSPS) is 24.6. The molecule has 1 aliphatic rings. The van der Waals surface area contributed by atoms with Crippen molar-refractivity contribution in [2.75, 3.05) is 11.9 Å². The van der Waals surface area contributed by atoms with E-state index in [9.17, 15) is 9.18 Å². The Morgan fingerprint density at radius 1 is 1.67 bits per heavy atom. The summed E-state index contributed by atoms with van der Waals surface area (Å²) >= 11 is 0. The summed E-state index contributed by atoms with van der Waals surface area (Å²) in [5.41, 5.74) is 0. The Labute approximate surface area is 92.2 Å². The van der Waals surface area contributed by atoms with Gasteiger partial charge in [0.1, 0.15) is 12.0 Å². The molecule has 15 heavy (non-hydrogen) atoms. The van der Waals surface area contributed by atoms with E-state index in [1.165, 1.54) is 6.20 Å². The summed E-state index contributed by atoms with van der Waals surface area (Å²) in [6.45, 7) is 0.251. The van der Waals surface area contributed by atoms with Gasteiger partial charge in [0, 0.05) is 19.0 Å². The third-order valence-corrected chi connectivity index (χ3v) is 2.15. The molecule has 1 aromatic heterocycles. The SMILES string of the molecule is Cl.O=C(Nc1ccn[nH]1)[C@H]1C[C@H](F)CN1. The van der Waals surface area contributed by atoms with Crippen LogP contribution in [0.25, 0.3) is 0 Å². The molecule has 1 aliphatic heterocycles. The number of nitrogens with one attached hydrogen (secondary N) is 3. The maximum absolute atomic E-state index is 12.8. The third kappa shape index (κ3) is 2.90. The standard InChI is InChI=1S/C8H11FN4O.ClH/c9-5-3-6(10-4-5)8(14)12-7-1-2-11-13-7;/h1-2,5-6,10H,3-4H2,(H2,11,12,13,14);1H/t5-,6+;/m0./s1. The molecule has 0 radical (unpaired) electrons. The van der Waals surface area contributed by atoms with Gasteiger partial charge in [-0.2, -0.15) is 5.10 Å². The highest BCUT2D eigenvalue weighted by Gasteiger charge is 2.29. The molecular formula is C8H12ClFN4O. The number of carbonyl (C=O) groups is 1. The second-order valence-electron chi connectivity index (χ2n) is 3.25. The number of H-pyrrole nitrogens is 1. The predicted molar refractivity (Wildman–Crippen MR) is 55.8 cm³/mol. The summed E-state index contributed by atoms with van der Waals surface area (Å²) in [5, 5.41) is 11.7. The summed E-state index contributed by atoms with van der Waals surface area (Å²) in [6.07, 6.45) is 0.850. The zero-order valence-corrected chi connectivity index (χ0v) is 8.68. The van der Waals surface area contributed by atoms with Crippen molar-refractivity contribution in [2.24, 2.45) is 0 Å². The molecule has 2 rings (SSSR count). The monoisotopic (exact) mass is 234 g/mol. The van der Waals surface area contributed by atoms with E-state index in [0.717, 1.165) is 0 Å². The van der Waals surface area contributed by atoms with E-state index in [1.54, 1.807) is 6.07 Å². The second-order valence-corrected chi connectivity index (χ2v) is 3.25. The summed E-state index contributed by atoms with van der Waals surface area (Å²) in [7, 11) is 0. The molecule has 0 aromatic carbocycles. The van der Waals surface area contributed by atoms with Crippen molar-refractivity contribution >= 4 is 24.1 Å². The van der Waals surface area contributed by atoms with Gasteiger partial charge in [-0.05, 0) is 0 Å². The Hall–Kier alpha value is -1.14. The fourth-order valence-corrected chi connectivity index (χ4v) is 1.44. The summed E-state index contributed by atoms with van der Waals surface area (Å²) in [6, 6.07) is 1.20. The van der Waals surface area contributed by atoms with E-state index >= 15 is 0 Å². The van der Waals surface area contributed by atoms with Crippen LogP contribution in [0, 0.1) is 0 Å². The average molecular weight is 235 g/mol. The van der Waals surface area contributed by atoms with Crippen LogP contribution in [-0.2, 0) is 4.79 Å². The first-order valence-corrected chi connectivity index (χ1v) is 4.43. The summed E-state index contributed by atoms with van der Waals surface area (Å²) in [4.78, 5) is 11.5. The van der Waals surface area contributed by atoms with Crippen LogP contribution in [0.4, 0.5) is 10.2 Å². The summed E-state index contributed by atoms with van der Waals surface area (Å²) in [5.74, 6) is 0.300. The highest BCUT2D eigenvalue weighted by molar-refractivity contribution is 5.94. The highest BCUT2D eigenvalue weighted by Crippen LogP contribution is 2.11. The van der Waals surface area contributed by atoms with Gasteiger partial charge in [-0.1, -0.05) is 0 Å². The number of nitrogens with zero attached hydrogens (tertiary/aromatic N) is 1. The molecule has 1 fully saturated rings. The van der Waals surface area contributed by atoms with Crippen LogP contribution in [0.15, 0.2) is 12.3 Å². The molecule has 0 spiro atoms. The maximum Gasteiger partial charge on any atom is 0.242 e. The first kappa shape index (κ1) is 11.9. The van der Waals surface area contributed by atoms with E-state index in [2.05, 4.69) is 20.8 Å². The van der Waals surface area contributed by atoms with Crippen LogP contribution in [0.3, 0.4) is 0 Å². The fourth-order valence-electron chi connectivity index (χ4n) is 1.44. The second kappa shape index (κ2) is 5.09. The van der Waals surface area contributed by atoms with Gasteiger partial charge in [-0.15, -0.1) is 12.4 Å². The lowest BCUT2D eigenvalue weighted by molar-refractivity contribution is -0.117. The predicted octanol–water partition coefficient (Wildman–Crippen LogP) is 0.470. The number of aromatic amines is 1. The molecule has 1 saturated heterocycles. The maximum atomic E-state index is 12.8. The molecule has 7 heteroatoms. The van der Waals surface area contributed by atoms with Gasteiger partial charge in [0.15, 0.2) is 0 Å². The molecule has 1 aromatic rings. The minimum Gasteiger partial charge on any atom is -0.310 e. The molecule has 5 nitrogen and oxygen atoms in total. The van der Waals surface area contributed by atoms with Crippen LogP contribution in [-0.4, -0.2) is 34.9 Å². The molecule has 1 amide bonds. The molecule has 2 heterocycles. The Balaban J connectivity index is 0.00000112. The van der Waals surface area contributed by atoms with Crippen molar-refractivity contribution in [3.8, 4) is 0 Å². The van der Waals surface area contributed by atoms with Crippen LogP contribution in [0.5, 0.6) is 0 Å². The zero-order chi connectivity index (χ0) is 9.97. The lowest BCUT2D eigenvalue weighted by atomic mass is 10.2. The number of halogens is 2. The summed E-state index contributed by atoms with van der Waals surface area (Å²) < 4.78 is 12.8. The number of carbonyl (C=O) groups excluding carboxylic acids is 1. The van der Waals surface area contributed by atoms with Crippen LogP contribution in [0.1, 0.15) is 6.42 Å². The van der Waals surface area contributed by atoms with E-state index in [-0.39, 0.29) is 31.3 Å². The number of hydrogen-bond acceptors (Lipinski definition) is 3. The van der Waals surface area contributed by atoms with E-state index in [1.807, 2.05) is 0 Å². The lowest BCUT2D eigenvalue weighted by Gasteiger charge is -2.08. The molecule has 84 valence electrons. The first-order valence-electron chi connectivity index (χ1n) is 4.43. The number of rotatable bonds is 2. The van der Waals surface area contributed by atoms with Gasteiger partial charge < -0.3 is 10.6 Å². The Morgan fingerprint density at radius 3 is 3.00 bits per heavy atom. The average Bonchev–Trinajstić information content (AvgIpc) is 2.75. The Kier molecular flexibility index (Phi) is 4.05. The number of anilines is 1. The van der Waals surface area contributed by atoms with Gasteiger partial charge in [0.2, 0.25) is 5.91 Å². The van der Waals surface area contributed by atoms with Crippen molar-refractivity contribution in [1.29, 1.82) is 0 Å². The first-order chi connectivity index (χ1) is 6.75. The van der Waals surface area contributed by atoms with Crippen molar-refractivity contribution in [1.82, 2.24) is 15.5 Å². The fraction of sp³-hybridized carbons (Fsp3) is 0.500. The molecule has 0 unspecified atom stereocenters. The van der Waals surface area contributed by atoms with Gasteiger partial charge in [0.25, 0.3) is 0 Å². The highest BCUT2D eigenvalue weighted by atomic mass is 35.5. The van der Waals surface area contributed by atoms with Gasteiger partial charge in [0.05, 0.1) is 12.2 Å². The molecule has 0 saturated carbocycles. The number of amides is 1. The Morgan fingerprint density at radius 2 is 2.47 bits per heavy atom. The molecule has 2 atom stereocenters. The minimum atomic E-state index is -0.924. The molecule has 0 aliphatic carbocycles. The molecule has 0 bridgehead atoms. The van der Waals surface area contributed by atoms with Crippen molar-refractivity contribution < 1.29 is 9.18 Å². The van der Waals surface area contributed by atoms with Crippen LogP contribution >= 0.6 is 12.4 Å². The number of aromatic nitrogens is 2. The lowest BCUT2D eigenvalue weighted by Crippen LogP contribution is -2.35. The topological polar surface area (TPSA) is 69.8 Å². The molecular weight excluding hydrogens is 223 g/mol. The smallest absolute Gasteiger partial charge is 0.242 e.